The summed E-state index contributed by atoms with van der Waals surface area (Å²) in [6, 6.07) is 3.66. The van der Waals surface area contributed by atoms with Crippen molar-refractivity contribution in [1.29, 1.82) is 0 Å². The molecule has 0 aromatic carbocycles. The highest BCUT2D eigenvalue weighted by atomic mass is 16.2. The first kappa shape index (κ1) is 9.27. The summed E-state index contributed by atoms with van der Waals surface area (Å²) >= 11 is 0. The number of nitrogens with zero attached hydrogens (tertiary/aromatic N) is 2. The highest BCUT2D eigenvalue weighted by molar-refractivity contribution is 5.81. The molecule has 76 valence electrons. The number of fused-ring (bicyclic) bond motifs is 1. The average molecular weight is 193 g/mol. The lowest BCUT2D eigenvalue weighted by molar-refractivity contribution is -0.133. The van der Waals surface area contributed by atoms with E-state index in [1.165, 1.54) is 5.69 Å². The Bertz CT molecular complexity index is 343. The first-order chi connectivity index (χ1) is 6.68. The molecule has 1 aromatic heterocycles. The zero-order chi connectivity index (χ0) is 10.1. The summed E-state index contributed by atoms with van der Waals surface area (Å²) in [5, 5.41) is 0. The van der Waals surface area contributed by atoms with Crippen molar-refractivity contribution in [3.05, 3.63) is 24.0 Å². The summed E-state index contributed by atoms with van der Waals surface area (Å²) in [7, 11) is 0. The van der Waals surface area contributed by atoms with E-state index in [1.54, 1.807) is 6.92 Å². The number of hydrogen-bond acceptors (Lipinski definition) is 2. The van der Waals surface area contributed by atoms with Gasteiger partial charge in [0.25, 0.3) is 0 Å². The van der Waals surface area contributed by atoms with Gasteiger partial charge >= 0.3 is 0 Å². The van der Waals surface area contributed by atoms with Gasteiger partial charge in [-0.3, -0.25) is 4.79 Å². The van der Waals surface area contributed by atoms with Gasteiger partial charge in [-0.1, -0.05) is 0 Å². The maximum absolute atomic E-state index is 11.6. The van der Waals surface area contributed by atoms with E-state index in [0.29, 0.717) is 6.54 Å². The molecule has 2 rings (SSSR count). The lowest BCUT2D eigenvalue weighted by atomic mass is 10.2. The van der Waals surface area contributed by atoms with Gasteiger partial charge < -0.3 is 15.2 Å². The predicted molar refractivity (Wildman–Crippen MR) is 53.5 cm³/mol. The van der Waals surface area contributed by atoms with E-state index in [2.05, 4.69) is 4.57 Å². The molecule has 4 nitrogen and oxygen atoms in total. The minimum Gasteiger partial charge on any atom is -0.348 e. The van der Waals surface area contributed by atoms with Crippen LogP contribution in [0.2, 0.25) is 0 Å². The predicted octanol–water partition coefficient (Wildman–Crippen LogP) is 0.177. The second kappa shape index (κ2) is 3.46. The minimum absolute atomic E-state index is 0.0393. The first-order valence-electron chi connectivity index (χ1n) is 4.87. The molecule has 1 aliphatic heterocycles. The third kappa shape index (κ3) is 1.53. The quantitative estimate of drug-likeness (QED) is 0.691. The van der Waals surface area contributed by atoms with E-state index >= 15 is 0 Å². The third-order valence-electron chi connectivity index (χ3n) is 2.59. The number of hydrogen-bond donors (Lipinski definition) is 1. The van der Waals surface area contributed by atoms with Gasteiger partial charge in [-0.05, 0) is 19.1 Å². The van der Waals surface area contributed by atoms with Crippen LogP contribution in [0, 0.1) is 0 Å². The highest BCUT2D eigenvalue weighted by Crippen LogP contribution is 2.13. The smallest absolute Gasteiger partial charge is 0.239 e. The highest BCUT2D eigenvalue weighted by Gasteiger charge is 2.21. The van der Waals surface area contributed by atoms with Gasteiger partial charge in [-0.25, -0.2) is 0 Å². The van der Waals surface area contributed by atoms with Crippen LogP contribution in [0.5, 0.6) is 0 Å². The normalized spacial score (nSPS) is 17.7. The standard InChI is InChI=1S/C10H15N3O/c1-8(11)10(14)13-6-5-12-4-2-3-9(12)7-13/h2-4,8H,5-7,11H2,1H3. The van der Waals surface area contributed by atoms with Crippen molar-refractivity contribution >= 4 is 5.91 Å². The molecule has 0 saturated carbocycles. The van der Waals surface area contributed by atoms with Crippen molar-refractivity contribution in [2.45, 2.75) is 26.1 Å². The summed E-state index contributed by atoms with van der Waals surface area (Å²) in [5.41, 5.74) is 6.75. The van der Waals surface area contributed by atoms with Crippen molar-refractivity contribution < 1.29 is 4.79 Å². The number of rotatable bonds is 1. The Balaban J connectivity index is 2.11. The zero-order valence-electron chi connectivity index (χ0n) is 8.31. The minimum atomic E-state index is -0.392. The van der Waals surface area contributed by atoms with Gasteiger partial charge in [0.15, 0.2) is 0 Å². The van der Waals surface area contributed by atoms with Gasteiger partial charge in [0, 0.05) is 25.0 Å². The molecule has 0 spiro atoms. The lowest BCUT2D eigenvalue weighted by Crippen LogP contribution is -2.45. The van der Waals surface area contributed by atoms with Crippen LogP contribution >= 0.6 is 0 Å². The summed E-state index contributed by atoms with van der Waals surface area (Å²) in [5.74, 6) is 0.0393. The molecule has 2 heterocycles. The molecule has 0 bridgehead atoms. The van der Waals surface area contributed by atoms with Crippen LogP contribution in [-0.4, -0.2) is 28.0 Å². The van der Waals surface area contributed by atoms with Gasteiger partial charge in [0.2, 0.25) is 5.91 Å². The van der Waals surface area contributed by atoms with Crippen molar-refractivity contribution in [1.82, 2.24) is 9.47 Å². The molecule has 14 heavy (non-hydrogen) atoms. The number of nitrogens with two attached hydrogens (primary N) is 1. The van der Waals surface area contributed by atoms with Crippen molar-refractivity contribution in [3.63, 3.8) is 0 Å². The largest absolute Gasteiger partial charge is 0.348 e. The van der Waals surface area contributed by atoms with Crippen molar-refractivity contribution in [2.75, 3.05) is 6.54 Å². The molecule has 2 N–H and O–H groups in total. The van der Waals surface area contributed by atoms with Crippen LogP contribution in [0.4, 0.5) is 0 Å². The maximum Gasteiger partial charge on any atom is 0.239 e. The number of carbonyl (C=O) groups is 1. The van der Waals surface area contributed by atoms with Gasteiger partial charge in [0.1, 0.15) is 0 Å². The van der Waals surface area contributed by atoms with E-state index < -0.39 is 6.04 Å². The molecule has 0 aliphatic carbocycles. The van der Waals surface area contributed by atoms with E-state index in [4.69, 9.17) is 5.73 Å². The molecule has 1 aliphatic rings. The van der Waals surface area contributed by atoms with Crippen LogP contribution < -0.4 is 5.73 Å². The molecule has 4 heteroatoms. The molecule has 0 radical (unpaired) electrons. The molecule has 1 amide bonds. The Hall–Kier alpha value is -1.29. The summed E-state index contributed by atoms with van der Waals surface area (Å²) in [4.78, 5) is 13.4. The SMILES string of the molecule is CC(N)C(=O)N1CCn2cccc2C1. The molecular formula is C10H15N3O. The second-order valence-electron chi connectivity index (χ2n) is 3.74. The van der Waals surface area contributed by atoms with Crippen LogP contribution in [0.3, 0.4) is 0 Å². The monoisotopic (exact) mass is 193 g/mol. The van der Waals surface area contributed by atoms with Gasteiger partial charge in [-0.2, -0.15) is 0 Å². The maximum atomic E-state index is 11.6. The third-order valence-corrected chi connectivity index (χ3v) is 2.59. The second-order valence-corrected chi connectivity index (χ2v) is 3.74. The lowest BCUT2D eigenvalue weighted by Gasteiger charge is -2.29. The number of carbonyl (C=O) groups excluding carboxylic acids is 1. The van der Waals surface area contributed by atoms with E-state index in [0.717, 1.165) is 13.1 Å². The van der Waals surface area contributed by atoms with Crippen LogP contribution in [0.15, 0.2) is 18.3 Å². The Morgan fingerprint density at radius 2 is 2.36 bits per heavy atom. The van der Waals surface area contributed by atoms with Gasteiger partial charge in [-0.15, -0.1) is 0 Å². The molecular weight excluding hydrogens is 178 g/mol. The van der Waals surface area contributed by atoms with Crippen LogP contribution in [-0.2, 0) is 17.9 Å². The fourth-order valence-corrected chi connectivity index (χ4v) is 1.79. The molecule has 1 atom stereocenters. The van der Waals surface area contributed by atoms with Crippen LogP contribution in [0.25, 0.3) is 0 Å². The van der Waals surface area contributed by atoms with E-state index in [1.807, 2.05) is 23.2 Å². The van der Waals surface area contributed by atoms with E-state index in [9.17, 15) is 4.79 Å². The Morgan fingerprint density at radius 1 is 1.57 bits per heavy atom. The van der Waals surface area contributed by atoms with Gasteiger partial charge in [0.05, 0.1) is 12.6 Å². The molecule has 1 aromatic rings. The molecule has 1 unspecified atom stereocenters. The first-order valence-corrected chi connectivity index (χ1v) is 4.87. The Labute approximate surface area is 83.3 Å². The fraction of sp³-hybridized carbons (Fsp3) is 0.500. The van der Waals surface area contributed by atoms with E-state index in [-0.39, 0.29) is 5.91 Å². The summed E-state index contributed by atoms with van der Waals surface area (Å²) in [6.45, 7) is 4.06. The number of aromatic nitrogens is 1. The Kier molecular flexibility index (Phi) is 2.29. The fourth-order valence-electron chi connectivity index (χ4n) is 1.79. The summed E-state index contributed by atoms with van der Waals surface area (Å²) < 4.78 is 2.17. The zero-order valence-corrected chi connectivity index (χ0v) is 8.31. The molecule has 0 fully saturated rings. The topological polar surface area (TPSA) is 51.3 Å². The Morgan fingerprint density at radius 3 is 3.07 bits per heavy atom. The van der Waals surface area contributed by atoms with Crippen LogP contribution in [0.1, 0.15) is 12.6 Å². The molecule has 0 saturated heterocycles. The van der Waals surface area contributed by atoms with Crippen molar-refractivity contribution in [3.8, 4) is 0 Å². The number of amides is 1. The summed E-state index contributed by atoms with van der Waals surface area (Å²) in [6.07, 6.45) is 2.04. The van der Waals surface area contributed by atoms with Crippen molar-refractivity contribution in [2.24, 2.45) is 5.73 Å². The average Bonchev–Trinajstić information content (AvgIpc) is 2.62.